The van der Waals surface area contributed by atoms with Crippen molar-refractivity contribution < 1.29 is 9.90 Å². The van der Waals surface area contributed by atoms with Gasteiger partial charge in [-0.1, -0.05) is 12.1 Å². The van der Waals surface area contributed by atoms with Gasteiger partial charge in [0, 0.05) is 19.6 Å². The second kappa shape index (κ2) is 5.39. The standard InChI is InChI=1S/C12H18N2O2/c1-9(2)13-12(16)14(3)8-10-4-6-11(15)7-5-10/h4-7,9,15H,8H2,1-3H3,(H,13,16). The number of phenols is 1. The van der Waals surface area contributed by atoms with E-state index in [-0.39, 0.29) is 17.8 Å². The summed E-state index contributed by atoms with van der Waals surface area (Å²) in [5, 5.41) is 11.9. The fraction of sp³-hybridized carbons (Fsp3) is 0.417. The van der Waals surface area contributed by atoms with Crippen LogP contribution in [0, 0.1) is 0 Å². The summed E-state index contributed by atoms with van der Waals surface area (Å²) in [6, 6.07) is 6.87. The van der Waals surface area contributed by atoms with Crippen molar-refractivity contribution in [2.45, 2.75) is 26.4 Å². The minimum Gasteiger partial charge on any atom is -0.508 e. The molecule has 0 saturated heterocycles. The Morgan fingerprint density at radius 3 is 2.44 bits per heavy atom. The summed E-state index contributed by atoms with van der Waals surface area (Å²) in [7, 11) is 1.74. The van der Waals surface area contributed by atoms with Crippen molar-refractivity contribution in [1.82, 2.24) is 10.2 Å². The van der Waals surface area contributed by atoms with Crippen molar-refractivity contribution in [3.05, 3.63) is 29.8 Å². The van der Waals surface area contributed by atoms with Crippen LogP contribution in [0.5, 0.6) is 5.75 Å². The average molecular weight is 222 g/mol. The largest absolute Gasteiger partial charge is 0.508 e. The van der Waals surface area contributed by atoms with E-state index in [0.717, 1.165) is 5.56 Å². The first kappa shape index (κ1) is 12.4. The number of phenolic OH excluding ortho intramolecular Hbond substituents is 1. The number of hydrogen-bond donors (Lipinski definition) is 2. The Kier molecular flexibility index (Phi) is 4.17. The van der Waals surface area contributed by atoms with Crippen LogP contribution >= 0.6 is 0 Å². The molecule has 88 valence electrons. The lowest BCUT2D eigenvalue weighted by Gasteiger charge is -2.19. The maximum absolute atomic E-state index is 11.6. The fourth-order valence-electron chi connectivity index (χ4n) is 1.30. The minimum atomic E-state index is -0.0944. The number of nitrogens with one attached hydrogen (secondary N) is 1. The number of hydrogen-bond acceptors (Lipinski definition) is 2. The molecule has 0 aliphatic rings. The maximum Gasteiger partial charge on any atom is 0.317 e. The van der Waals surface area contributed by atoms with Gasteiger partial charge in [-0.05, 0) is 31.5 Å². The van der Waals surface area contributed by atoms with E-state index in [1.165, 1.54) is 0 Å². The van der Waals surface area contributed by atoms with Gasteiger partial charge in [0.1, 0.15) is 5.75 Å². The molecule has 0 aliphatic heterocycles. The van der Waals surface area contributed by atoms with Crippen molar-refractivity contribution in [1.29, 1.82) is 0 Å². The van der Waals surface area contributed by atoms with Gasteiger partial charge in [-0.25, -0.2) is 4.79 Å². The summed E-state index contributed by atoms with van der Waals surface area (Å²) in [5.41, 5.74) is 0.985. The van der Waals surface area contributed by atoms with Crippen molar-refractivity contribution in [2.24, 2.45) is 0 Å². The summed E-state index contributed by atoms with van der Waals surface area (Å²) < 4.78 is 0. The van der Waals surface area contributed by atoms with Crippen LogP contribution in [0.25, 0.3) is 0 Å². The Hall–Kier alpha value is -1.71. The van der Waals surface area contributed by atoms with Gasteiger partial charge in [0.2, 0.25) is 0 Å². The van der Waals surface area contributed by atoms with Crippen LogP contribution in [-0.4, -0.2) is 29.1 Å². The first-order chi connectivity index (χ1) is 7.49. The molecular weight excluding hydrogens is 204 g/mol. The quantitative estimate of drug-likeness (QED) is 0.821. The number of aromatic hydroxyl groups is 1. The number of urea groups is 1. The summed E-state index contributed by atoms with van der Waals surface area (Å²) >= 11 is 0. The Balaban J connectivity index is 2.53. The molecule has 4 heteroatoms. The van der Waals surface area contributed by atoms with Gasteiger partial charge in [-0.15, -0.1) is 0 Å². The van der Waals surface area contributed by atoms with Gasteiger partial charge >= 0.3 is 6.03 Å². The normalized spacial score (nSPS) is 10.2. The Morgan fingerprint density at radius 1 is 1.38 bits per heavy atom. The zero-order chi connectivity index (χ0) is 12.1. The molecule has 0 fully saturated rings. The molecule has 0 atom stereocenters. The van der Waals surface area contributed by atoms with Crippen LogP contribution in [-0.2, 0) is 6.54 Å². The summed E-state index contributed by atoms with van der Waals surface area (Å²) in [6.45, 7) is 4.37. The summed E-state index contributed by atoms with van der Waals surface area (Å²) in [6.07, 6.45) is 0. The average Bonchev–Trinajstić information content (AvgIpc) is 2.20. The Morgan fingerprint density at radius 2 is 1.94 bits per heavy atom. The molecule has 1 rings (SSSR count). The highest BCUT2D eigenvalue weighted by Crippen LogP contribution is 2.11. The van der Waals surface area contributed by atoms with E-state index >= 15 is 0 Å². The summed E-state index contributed by atoms with van der Waals surface area (Å²) in [5.74, 6) is 0.234. The van der Waals surface area contributed by atoms with Crippen LogP contribution in [0.2, 0.25) is 0 Å². The van der Waals surface area contributed by atoms with Crippen molar-refractivity contribution in [3.8, 4) is 5.75 Å². The van der Waals surface area contributed by atoms with Crippen LogP contribution in [0.15, 0.2) is 24.3 Å². The predicted octanol–water partition coefficient (Wildman–Crippen LogP) is 1.94. The highest BCUT2D eigenvalue weighted by Gasteiger charge is 2.09. The van der Waals surface area contributed by atoms with Gasteiger partial charge in [0.25, 0.3) is 0 Å². The van der Waals surface area contributed by atoms with E-state index in [1.807, 2.05) is 13.8 Å². The molecule has 0 aliphatic carbocycles. The molecule has 0 spiro atoms. The van der Waals surface area contributed by atoms with Crippen molar-refractivity contribution in [3.63, 3.8) is 0 Å². The third-order valence-electron chi connectivity index (χ3n) is 2.11. The molecule has 0 bridgehead atoms. The van der Waals surface area contributed by atoms with E-state index < -0.39 is 0 Å². The van der Waals surface area contributed by atoms with Crippen molar-refractivity contribution >= 4 is 6.03 Å². The third kappa shape index (κ3) is 3.81. The lowest BCUT2D eigenvalue weighted by atomic mass is 10.2. The Labute approximate surface area is 95.9 Å². The van der Waals surface area contributed by atoms with E-state index in [2.05, 4.69) is 5.32 Å². The van der Waals surface area contributed by atoms with Crippen LogP contribution < -0.4 is 5.32 Å². The SMILES string of the molecule is CC(C)NC(=O)N(C)Cc1ccc(O)cc1. The number of carbonyl (C=O) groups is 1. The van der Waals surface area contributed by atoms with E-state index in [1.54, 1.807) is 36.2 Å². The predicted molar refractivity (Wildman–Crippen MR) is 63.2 cm³/mol. The molecule has 4 nitrogen and oxygen atoms in total. The van der Waals surface area contributed by atoms with Crippen LogP contribution in [0.4, 0.5) is 4.79 Å². The molecule has 16 heavy (non-hydrogen) atoms. The van der Waals surface area contributed by atoms with Gasteiger partial charge in [0.15, 0.2) is 0 Å². The molecule has 0 aromatic heterocycles. The smallest absolute Gasteiger partial charge is 0.317 e. The molecule has 2 N–H and O–H groups in total. The molecule has 2 amide bonds. The molecular formula is C12H18N2O2. The molecule has 0 unspecified atom stereocenters. The fourth-order valence-corrected chi connectivity index (χ4v) is 1.30. The molecule has 1 aromatic carbocycles. The molecule has 0 heterocycles. The zero-order valence-corrected chi connectivity index (χ0v) is 9.90. The van der Waals surface area contributed by atoms with E-state index in [9.17, 15) is 4.79 Å². The molecule has 1 aromatic rings. The van der Waals surface area contributed by atoms with Crippen molar-refractivity contribution in [2.75, 3.05) is 7.05 Å². The van der Waals surface area contributed by atoms with Crippen LogP contribution in [0.3, 0.4) is 0 Å². The van der Waals surface area contributed by atoms with Gasteiger partial charge in [0.05, 0.1) is 0 Å². The monoisotopic (exact) mass is 222 g/mol. The zero-order valence-electron chi connectivity index (χ0n) is 9.90. The number of amides is 2. The first-order valence-electron chi connectivity index (χ1n) is 5.28. The Bertz CT molecular complexity index is 347. The lowest BCUT2D eigenvalue weighted by Crippen LogP contribution is -2.40. The third-order valence-corrected chi connectivity index (χ3v) is 2.11. The number of nitrogens with zero attached hydrogens (tertiary/aromatic N) is 1. The summed E-state index contributed by atoms with van der Waals surface area (Å²) in [4.78, 5) is 13.2. The van der Waals surface area contributed by atoms with Gasteiger partial charge < -0.3 is 15.3 Å². The molecule has 0 saturated carbocycles. The number of carbonyl (C=O) groups excluding carboxylic acids is 1. The van der Waals surface area contributed by atoms with E-state index in [4.69, 9.17) is 5.11 Å². The molecule has 0 radical (unpaired) electrons. The number of benzene rings is 1. The van der Waals surface area contributed by atoms with E-state index in [0.29, 0.717) is 6.54 Å². The maximum atomic E-state index is 11.6. The number of rotatable bonds is 3. The topological polar surface area (TPSA) is 52.6 Å². The van der Waals surface area contributed by atoms with Crippen LogP contribution in [0.1, 0.15) is 19.4 Å². The lowest BCUT2D eigenvalue weighted by molar-refractivity contribution is 0.204. The second-order valence-electron chi connectivity index (χ2n) is 4.13. The second-order valence-corrected chi connectivity index (χ2v) is 4.13. The van der Waals surface area contributed by atoms with Gasteiger partial charge in [-0.2, -0.15) is 0 Å². The van der Waals surface area contributed by atoms with Gasteiger partial charge in [-0.3, -0.25) is 0 Å². The minimum absolute atomic E-state index is 0.0944. The highest BCUT2D eigenvalue weighted by molar-refractivity contribution is 5.74. The highest BCUT2D eigenvalue weighted by atomic mass is 16.3. The first-order valence-corrected chi connectivity index (χ1v) is 5.28.